The van der Waals surface area contributed by atoms with Crippen LogP contribution in [0, 0.1) is 0 Å². The first-order valence-electron chi connectivity index (χ1n) is 19.3. The molecule has 0 bridgehead atoms. The van der Waals surface area contributed by atoms with Gasteiger partial charge in [-0.1, -0.05) is 30.3 Å². The van der Waals surface area contributed by atoms with Gasteiger partial charge in [0.15, 0.2) is 0 Å². The van der Waals surface area contributed by atoms with Gasteiger partial charge in [-0.3, -0.25) is 37.1 Å². The van der Waals surface area contributed by atoms with Gasteiger partial charge in [0.05, 0.1) is 27.4 Å². The van der Waals surface area contributed by atoms with Gasteiger partial charge in [0.2, 0.25) is 0 Å². The molecule has 25 nitrogen and oxygen atoms in total. The summed E-state index contributed by atoms with van der Waals surface area (Å²) in [6, 6.07) is 11.3. The van der Waals surface area contributed by atoms with Crippen LogP contribution >= 0.6 is 0 Å². The Morgan fingerprint density at radius 2 is 1.19 bits per heavy atom. The van der Waals surface area contributed by atoms with Crippen molar-refractivity contribution in [3.8, 4) is 22.5 Å². The Morgan fingerprint density at radius 1 is 0.629 bits per heavy atom. The predicted molar refractivity (Wildman–Crippen MR) is 238 cm³/mol. The van der Waals surface area contributed by atoms with Gasteiger partial charge in [-0.25, -0.2) is 4.79 Å². The van der Waals surface area contributed by atoms with E-state index in [2.05, 4.69) is 10.3 Å². The third kappa shape index (κ3) is 10.6. The van der Waals surface area contributed by atoms with Crippen LogP contribution in [0.15, 0.2) is 124 Å². The molecule has 31 heteroatoms. The number of carboxylic acids is 1. The molecule has 4 aromatic rings. The molecule has 1 atom stereocenters. The zero-order valence-corrected chi connectivity index (χ0v) is 39.7. The van der Waals surface area contributed by atoms with Gasteiger partial charge in [-0.15, -0.1) is 0 Å². The highest BCUT2D eigenvalue weighted by Crippen LogP contribution is 2.45. The molecule has 70 heavy (non-hydrogen) atoms. The average molecular weight is 1090 g/mol. The number of anilines is 1. The van der Waals surface area contributed by atoms with Crippen LogP contribution < -0.4 is 10.7 Å². The lowest BCUT2D eigenvalue weighted by molar-refractivity contribution is -0.141. The molecule has 0 spiro atoms. The number of carbonyl (C=O) groups is 2. The second-order valence-electron chi connectivity index (χ2n) is 15.2. The number of carboxylic acid groups (broad SMARTS) is 1. The normalized spacial score (nSPS) is 15.4. The third-order valence-electron chi connectivity index (χ3n) is 10.8. The lowest BCUT2D eigenvalue weighted by atomic mass is 9.90. The minimum atomic E-state index is -5.41. The van der Waals surface area contributed by atoms with Crippen LogP contribution in [-0.2, 0) is 78.6 Å². The van der Waals surface area contributed by atoms with Crippen LogP contribution in [-0.4, -0.2) is 112 Å². The summed E-state index contributed by atoms with van der Waals surface area (Å²) in [5, 5.41) is 11.4. The lowest BCUT2D eigenvalue weighted by Gasteiger charge is -2.24. The fraction of sp³-hybridized carbons (Fsp3) is 0.154. The van der Waals surface area contributed by atoms with Crippen LogP contribution in [0.5, 0.6) is 0 Å². The monoisotopic (exact) mass is 1090 g/mol. The van der Waals surface area contributed by atoms with Crippen LogP contribution in [0.25, 0.3) is 33.4 Å². The van der Waals surface area contributed by atoms with E-state index in [1.165, 1.54) is 24.3 Å². The van der Waals surface area contributed by atoms with Crippen molar-refractivity contribution < 1.29 is 96.9 Å². The van der Waals surface area contributed by atoms with Crippen molar-refractivity contribution in [1.82, 2.24) is 4.90 Å². The summed E-state index contributed by atoms with van der Waals surface area (Å²) in [6.45, 7) is -1.69. The molecule has 4 aromatic carbocycles. The quantitative estimate of drug-likeness (QED) is 0.0574. The topological polar surface area (TPSA) is 421 Å². The number of fused-ring (bicyclic) bond motifs is 2. The SMILES string of the molecule is O=C(O)C1CCCN1C(=O)c1ccccc1-c1c2cc(S(=O)(=O)O)c(=NCc3ccc(S(=O)(=O)O)cc3S(=O)(=O)O)cc-2oc2cc(NCc3ccc(S(=O)(=O)O)cc3S(=O)(=O)O)c(S(=O)(=O)O)cc12. The molecule has 0 saturated carbocycles. The molecule has 0 aromatic heterocycles. The molecule has 1 fully saturated rings. The maximum atomic E-state index is 14.3. The molecular weight excluding hydrogens is 1050 g/mol. The summed E-state index contributed by atoms with van der Waals surface area (Å²) in [5.74, 6) is -2.60. The maximum absolute atomic E-state index is 14.3. The highest BCUT2D eigenvalue weighted by Gasteiger charge is 2.36. The number of aliphatic carboxylic acids is 1. The van der Waals surface area contributed by atoms with E-state index in [1.54, 1.807) is 0 Å². The second-order valence-corrected chi connectivity index (χ2v) is 23.6. The highest BCUT2D eigenvalue weighted by atomic mass is 32.2. The standard InChI is InChI=1S/C39H33N3O22S6/c43-38(42-11-3-6-30(42)39(44)45)25-5-2-1-4-24(25)37-26-14-35(69(58,59)60)28(40-18-20-7-9-22(65(46,47)48)12-33(20)67(52,53)54)16-31(26)64-32-17-29(36(15-27(32)37)70(61,62)63)41-19-21-8-10-23(66(49,50)51)13-34(21)68(55,56)57/h1-2,4-5,7-10,12-17,30,40H,3,6,11,18-19H2,(H,44,45)(H,46,47,48)(H,49,50,51)(H,52,53,54)(H,55,56,57)(H,58,59,60)(H,61,62,63). The molecule has 1 unspecified atom stereocenters. The highest BCUT2D eigenvalue weighted by molar-refractivity contribution is 7.87. The van der Waals surface area contributed by atoms with E-state index in [0.717, 1.165) is 53.4 Å². The molecule has 0 radical (unpaired) electrons. The first-order chi connectivity index (χ1) is 32.2. The summed E-state index contributed by atoms with van der Waals surface area (Å²) in [4.78, 5) is 25.5. The van der Waals surface area contributed by atoms with Crippen LogP contribution in [0.2, 0.25) is 0 Å². The fourth-order valence-corrected chi connectivity index (χ4v) is 11.7. The number of carbonyl (C=O) groups excluding carboxylic acids is 1. The number of nitrogens with one attached hydrogen (secondary N) is 1. The smallest absolute Gasteiger partial charge is 0.326 e. The molecule has 7 rings (SSSR count). The number of benzene rings is 5. The first-order valence-corrected chi connectivity index (χ1v) is 28.0. The van der Waals surface area contributed by atoms with E-state index >= 15 is 0 Å². The maximum Gasteiger partial charge on any atom is 0.326 e. The Balaban J connectivity index is 1.54. The van der Waals surface area contributed by atoms with Crippen molar-refractivity contribution in [2.75, 3.05) is 11.9 Å². The van der Waals surface area contributed by atoms with Crippen molar-refractivity contribution >= 4 is 89.2 Å². The molecule has 1 amide bonds. The minimum Gasteiger partial charge on any atom is -0.480 e. The molecule has 3 aliphatic rings. The van der Waals surface area contributed by atoms with Crippen LogP contribution in [0.4, 0.5) is 5.69 Å². The van der Waals surface area contributed by atoms with Gasteiger partial charge < -0.3 is 19.7 Å². The summed E-state index contributed by atoms with van der Waals surface area (Å²) in [7, 11) is -31.4. The zero-order chi connectivity index (χ0) is 51.7. The number of likely N-dealkylation sites (tertiary alicyclic amines) is 1. The Bertz CT molecular complexity index is 3970. The molecule has 1 saturated heterocycles. The van der Waals surface area contributed by atoms with Crippen molar-refractivity contribution in [3.63, 3.8) is 0 Å². The number of nitrogens with zero attached hydrogens (tertiary/aromatic N) is 2. The summed E-state index contributed by atoms with van der Waals surface area (Å²) < 4.78 is 215. The Hall–Kier alpha value is -6.23. The molecule has 1 aliphatic carbocycles. The molecule has 2 aliphatic heterocycles. The number of amides is 1. The summed E-state index contributed by atoms with van der Waals surface area (Å²) >= 11 is 0. The minimum absolute atomic E-state index is 0.0227. The number of hydrogen-bond donors (Lipinski definition) is 8. The van der Waals surface area contributed by atoms with Crippen molar-refractivity contribution in [1.29, 1.82) is 0 Å². The van der Waals surface area contributed by atoms with Crippen molar-refractivity contribution in [2.45, 2.75) is 61.3 Å². The molecular formula is C39H33N3O22S6. The largest absolute Gasteiger partial charge is 0.480 e. The Morgan fingerprint density at radius 3 is 1.74 bits per heavy atom. The second kappa shape index (κ2) is 18.2. The number of hydrogen-bond acceptors (Lipinski definition) is 17. The van der Waals surface area contributed by atoms with Gasteiger partial charge in [0, 0.05) is 47.3 Å². The van der Waals surface area contributed by atoms with Crippen LogP contribution in [0.3, 0.4) is 0 Å². The lowest BCUT2D eigenvalue weighted by Crippen LogP contribution is -2.40. The van der Waals surface area contributed by atoms with E-state index in [9.17, 15) is 92.5 Å². The van der Waals surface area contributed by atoms with E-state index < -0.39 is 149 Å². The summed E-state index contributed by atoms with van der Waals surface area (Å²) in [5.41, 5.74) is -2.85. The first kappa shape index (κ1) is 51.6. The van der Waals surface area contributed by atoms with Crippen molar-refractivity contribution in [2.24, 2.45) is 4.99 Å². The van der Waals surface area contributed by atoms with Gasteiger partial charge in [0.1, 0.15) is 37.0 Å². The van der Waals surface area contributed by atoms with Crippen LogP contribution in [0.1, 0.15) is 34.3 Å². The Kier molecular flexibility index (Phi) is 13.4. The molecule has 8 N–H and O–H groups in total. The predicted octanol–water partition coefficient (Wildman–Crippen LogP) is 3.09. The van der Waals surface area contributed by atoms with E-state index in [4.69, 9.17) is 4.42 Å². The van der Waals surface area contributed by atoms with Crippen molar-refractivity contribution in [3.05, 3.63) is 107 Å². The van der Waals surface area contributed by atoms with E-state index in [0.29, 0.717) is 12.1 Å². The number of rotatable bonds is 14. The average Bonchev–Trinajstić information content (AvgIpc) is 3.75. The third-order valence-corrected chi connectivity index (χ3v) is 16.1. The Labute approximate surface area is 396 Å². The fourth-order valence-electron chi connectivity index (χ4n) is 7.72. The van der Waals surface area contributed by atoms with Gasteiger partial charge >= 0.3 is 5.97 Å². The summed E-state index contributed by atoms with van der Waals surface area (Å²) in [6.07, 6.45) is 0.356. The van der Waals surface area contributed by atoms with E-state index in [1.807, 2.05) is 0 Å². The molecule has 372 valence electrons. The van der Waals surface area contributed by atoms with Gasteiger partial charge in [-0.2, -0.15) is 50.5 Å². The molecule has 2 heterocycles. The zero-order valence-electron chi connectivity index (χ0n) is 34.8. The van der Waals surface area contributed by atoms with E-state index in [-0.39, 0.29) is 52.6 Å². The van der Waals surface area contributed by atoms with Gasteiger partial charge in [-0.05, 0) is 72.0 Å². The van der Waals surface area contributed by atoms with Gasteiger partial charge in [0.25, 0.3) is 66.6 Å².